The van der Waals surface area contributed by atoms with Crippen molar-refractivity contribution in [3.63, 3.8) is 0 Å². The van der Waals surface area contributed by atoms with Gasteiger partial charge in [0.05, 0.1) is 12.7 Å². The number of anilines is 1. The first-order valence-electron chi connectivity index (χ1n) is 11.8. The van der Waals surface area contributed by atoms with Crippen LogP contribution < -0.4 is 10.6 Å². The molecule has 1 aromatic carbocycles. The molecule has 182 valence electrons. The minimum absolute atomic E-state index is 0.349. The van der Waals surface area contributed by atoms with Crippen LogP contribution in [0.3, 0.4) is 0 Å². The van der Waals surface area contributed by atoms with Crippen molar-refractivity contribution in [1.29, 1.82) is 0 Å². The van der Waals surface area contributed by atoms with Crippen LogP contribution in [0.4, 0.5) is 16.3 Å². The number of aromatic nitrogens is 4. The third-order valence-electron chi connectivity index (χ3n) is 6.40. The zero-order chi connectivity index (χ0) is 24.8. The maximum absolute atomic E-state index is 12.8. The number of ether oxygens (including phenoxy) is 1. The van der Waals surface area contributed by atoms with Gasteiger partial charge in [-0.25, -0.2) is 19.8 Å². The lowest BCUT2D eigenvalue weighted by atomic mass is 9.87. The summed E-state index contributed by atoms with van der Waals surface area (Å²) in [4.78, 5) is 35.4. The maximum Gasteiger partial charge on any atom is 0.410 e. The van der Waals surface area contributed by atoms with Crippen molar-refractivity contribution < 1.29 is 9.53 Å². The zero-order valence-electron chi connectivity index (χ0n) is 20.5. The molecule has 0 aliphatic carbocycles. The molecule has 0 spiro atoms. The predicted octanol–water partition coefficient (Wildman–Crippen LogP) is 3.54. The molecular weight excluding hydrogens is 444 g/mol. The fourth-order valence-corrected chi connectivity index (χ4v) is 4.66. The molecule has 1 saturated heterocycles. The van der Waals surface area contributed by atoms with Crippen molar-refractivity contribution in [2.75, 3.05) is 24.5 Å². The summed E-state index contributed by atoms with van der Waals surface area (Å²) >= 11 is 0. The Hall–Kier alpha value is -3.95. The summed E-state index contributed by atoms with van der Waals surface area (Å²) in [7, 11) is 0. The van der Waals surface area contributed by atoms with Gasteiger partial charge in [-0.15, -0.1) is 0 Å². The first-order valence-corrected chi connectivity index (χ1v) is 11.8. The Kier molecular flexibility index (Phi) is 5.46. The first kappa shape index (κ1) is 22.8. The van der Waals surface area contributed by atoms with Crippen LogP contribution in [-0.2, 0) is 4.74 Å². The van der Waals surface area contributed by atoms with Gasteiger partial charge in [0.2, 0.25) is 5.95 Å². The Balaban J connectivity index is 1.52. The molecule has 4 heterocycles. The van der Waals surface area contributed by atoms with E-state index in [1.807, 2.05) is 68.8 Å². The second-order valence-electron chi connectivity index (χ2n) is 9.80. The second kappa shape index (κ2) is 8.37. The smallest absolute Gasteiger partial charge is 0.410 e. The number of benzene rings is 1. The highest BCUT2D eigenvalue weighted by atomic mass is 16.6. The van der Waals surface area contributed by atoms with Gasteiger partial charge in [0.1, 0.15) is 28.5 Å². The average Bonchev–Trinajstić information content (AvgIpc) is 3.33. The standard InChI is InChI=1S/C25H30N8O2/c1-5-25-16-31(23(34)35-24(2,3)4)13-14-33(25)20-18(29-21(25)26)15-28-22(30-20)32-12-11-27-19(32)17-9-7-6-8-10-17/h6-12,15H,5,13-14,16H2,1-4H3,(H2,26,29). The molecular formula is C25H30N8O2. The van der Waals surface area contributed by atoms with Crippen molar-refractivity contribution >= 4 is 23.4 Å². The Morgan fingerprint density at radius 3 is 2.66 bits per heavy atom. The molecule has 5 rings (SSSR count). The number of hydrogen-bond donors (Lipinski definition) is 1. The normalized spacial score (nSPS) is 19.6. The van der Waals surface area contributed by atoms with Crippen molar-refractivity contribution in [3.8, 4) is 17.3 Å². The molecule has 0 radical (unpaired) electrons. The van der Waals surface area contributed by atoms with Gasteiger partial charge in [-0.1, -0.05) is 37.3 Å². The molecule has 2 aromatic heterocycles. The quantitative estimate of drug-likeness (QED) is 0.617. The van der Waals surface area contributed by atoms with Crippen LogP contribution in [0.25, 0.3) is 17.3 Å². The van der Waals surface area contributed by atoms with Gasteiger partial charge in [0.15, 0.2) is 5.82 Å². The van der Waals surface area contributed by atoms with Crippen molar-refractivity contribution in [2.45, 2.75) is 45.3 Å². The third kappa shape index (κ3) is 3.98. The monoisotopic (exact) mass is 474 g/mol. The minimum atomic E-state index is -0.676. The number of hydrogen-bond acceptors (Lipinski definition) is 8. The summed E-state index contributed by atoms with van der Waals surface area (Å²) in [5.41, 5.74) is 6.86. The summed E-state index contributed by atoms with van der Waals surface area (Å²) in [6.07, 6.45) is 5.58. The Labute approximate surface area is 204 Å². The number of piperazine rings is 1. The zero-order valence-corrected chi connectivity index (χ0v) is 20.5. The lowest BCUT2D eigenvalue weighted by Gasteiger charge is -2.52. The topological polar surface area (TPSA) is 115 Å². The van der Waals surface area contributed by atoms with Crippen molar-refractivity contribution in [2.24, 2.45) is 10.7 Å². The molecule has 1 fully saturated rings. The molecule has 0 saturated carbocycles. The molecule has 3 aromatic rings. The number of amidine groups is 1. The van der Waals surface area contributed by atoms with Crippen LogP contribution in [0, 0.1) is 0 Å². The van der Waals surface area contributed by atoms with E-state index >= 15 is 0 Å². The van der Waals surface area contributed by atoms with E-state index < -0.39 is 11.1 Å². The van der Waals surface area contributed by atoms with E-state index in [-0.39, 0.29) is 6.09 Å². The number of nitrogens with zero attached hydrogens (tertiary/aromatic N) is 7. The van der Waals surface area contributed by atoms with Gasteiger partial charge >= 0.3 is 6.09 Å². The number of carbonyl (C=O) groups excluding carboxylic acids is 1. The number of rotatable bonds is 3. The Morgan fingerprint density at radius 1 is 1.17 bits per heavy atom. The molecule has 1 amide bonds. The summed E-state index contributed by atoms with van der Waals surface area (Å²) in [5, 5.41) is 0. The highest BCUT2D eigenvalue weighted by Crippen LogP contribution is 2.40. The van der Waals surface area contributed by atoms with Crippen LogP contribution >= 0.6 is 0 Å². The van der Waals surface area contributed by atoms with Crippen LogP contribution in [0.1, 0.15) is 34.1 Å². The first-order chi connectivity index (χ1) is 16.7. The summed E-state index contributed by atoms with van der Waals surface area (Å²) < 4.78 is 7.49. The van der Waals surface area contributed by atoms with Crippen LogP contribution in [0.5, 0.6) is 0 Å². The summed E-state index contributed by atoms with van der Waals surface area (Å²) in [6, 6.07) is 9.91. The van der Waals surface area contributed by atoms with Gasteiger partial charge < -0.3 is 20.3 Å². The fraction of sp³-hybridized carbons (Fsp3) is 0.400. The summed E-state index contributed by atoms with van der Waals surface area (Å²) in [5.74, 6) is 2.39. The molecule has 10 heteroatoms. The average molecular weight is 475 g/mol. The maximum atomic E-state index is 12.8. The Bertz CT molecular complexity index is 1280. The number of nitrogens with two attached hydrogens (primary N) is 1. The van der Waals surface area contributed by atoms with E-state index in [1.54, 1.807) is 17.3 Å². The van der Waals surface area contributed by atoms with Gasteiger partial charge in [-0.05, 0) is 27.2 Å². The largest absolute Gasteiger partial charge is 0.444 e. The number of amides is 1. The molecule has 2 N–H and O–H groups in total. The van der Waals surface area contributed by atoms with Gasteiger partial charge in [0, 0.05) is 31.0 Å². The van der Waals surface area contributed by atoms with Gasteiger partial charge in [-0.3, -0.25) is 4.57 Å². The number of imidazole rings is 1. The van der Waals surface area contributed by atoms with E-state index in [0.717, 1.165) is 11.4 Å². The van der Waals surface area contributed by atoms with E-state index in [2.05, 4.69) is 19.9 Å². The van der Waals surface area contributed by atoms with Crippen LogP contribution in [0.2, 0.25) is 0 Å². The molecule has 2 aliphatic heterocycles. The molecule has 1 unspecified atom stereocenters. The molecule has 10 nitrogen and oxygen atoms in total. The number of carbonyl (C=O) groups is 1. The Morgan fingerprint density at radius 2 is 1.94 bits per heavy atom. The lowest BCUT2D eigenvalue weighted by Crippen LogP contribution is -2.70. The van der Waals surface area contributed by atoms with Crippen LogP contribution in [0.15, 0.2) is 53.9 Å². The summed E-state index contributed by atoms with van der Waals surface area (Å²) in [6.45, 7) is 9.04. The molecule has 35 heavy (non-hydrogen) atoms. The number of fused-ring (bicyclic) bond motifs is 3. The van der Waals surface area contributed by atoms with Crippen molar-refractivity contribution in [3.05, 3.63) is 48.9 Å². The van der Waals surface area contributed by atoms with E-state index in [9.17, 15) is 4.79 Å². The lowest BCUT2D eigenvalue weighted by molar-refractivity contribution is 0.0191. The van der Waals surface area contributed by atoms with Gasteiger partial charge in [-0.2, -0.15) is 4.98 Å². The van der Waals surface area contributed by atoms with E-state index in [4.69, 9.17) is 15.5 Å². The highest BCUT2D eigenvalue weighted by Gasteiger charge is 2.49. The minimum Gasteiger partial charge on any atom is -0.444 e. The fourth-order valence-electron chi connectivity index (χ4n) is 4.66. The SMILES string of the molecule is CCC12CN(C(=O)OC(C)(C)C)CCN1c1nc(-n3ccnc3-c3ccccc3)ncc1N=C2N. The van der Waals surface area contributed by atoms with Crippen molar-refractivity contribution in [1.82, 2.24) is 24.4 Å². The van der Waals surface area contributed by atoms with E-state index in [0.29, 0.717) is 49.3 Å². The third-order valence-corrected chi connectivity index (χ3v) is 6.40. The van der Waals surface area contributed by atoms with Gasteiger partial charge in [0.25, 0.3) is 0 Å². The number of aliphatic imine (C=N–C) groups is 1. The predicted molar refractivity (Wildman–Crippen MR) is 134 cm³/mol. The second-order valence-corrected chi connectivity index (χ2v) is 9.80. The molecule has 1 atom stereocenters. The molecule has 2 aliphatic rings. The highest BCUT2D eigenvalue weighted by molar-refractivity contribution is 6.00. The van der Waals surface area contributed by atoms with E-state index in [1.165, 1.54) is 0 Å². The van der Waals surface area contributed by atoms with Crippen LogP contribution in [-0.4, -0.2) is 67.1 Å². The molecule has 0 bridgehead atoms.